The van der Waals surface area contributed by atoms with Crippen LogP contribution in [0.3, 0.4) is 0 Å². The number of aromatic nitrogens is 1. The number of carbonyl (C=O) groups excluding carboxylic acids is 1. The lowest BCUT2D eigenvalue weighted by atomic mass is 10.3. The van der Waals surface area contributed by atoms with Crippen molar-refractivity contribution in [2.24, 2.45) is 0 Å². The van der Waals surface area contributed by atoms with Crippen molar-refractivity contribution in [1.29, 1.82) is 0 Å². The molecule has 0 aromatic carbocycles. The molecule has 16 heavy (non-hydrogen) atoms. The van der Waals surface area contributed by atoms with E-state index in [0.717, 1.165) is 0 Å². The first kappa shape index (κ1) is 15.1. The number of halogens is 1. The molecule has 1 aromatic rings. The normalized spacial score (nSPS) is 9.12. The average molecular weight is 333 g/mol. The van der Waals surface area contributed by atoms with Crippen LogP contribution < -0.4 is 28.5 Å². The zero-order valence-electron chi connectivity index (χ0n) is 9.57. The van der Waals surface area contributed by atoms with Crippen LogP contribution in [0.5, 0.6) is 0 Å². The van der Waals surface area contributed by atoms with E-state index in [4.69, 9.17) is 4.74 Å². The van der Waals surface area contributed by atoms with Crippen molar-refractivity contribution >= 4 is 5.97 Å². The highest BCUT2D eigenvalue weighted by Gasteiger charge is 2.05. The van der Waals surface area contributed by atoms with Crippen molar-refractivity contribution in [3.05, 3.63) is 42.2 Å². The molecular formula is C12H16INO2. The van der Waals surface area contributed by atoms with E-state index in [1.807, 2.05) is 36.0 Å². The largest absolute Gasteiger partial charge is 1.00 e. The number of ether oxygens (including phenoxy) is 1. The topological polar surface area (TPSA) is 30.2 Å². The molecule has 1 aromatic heterocycles. The molecule has 0 aliphatic carbocycles. The maximum atomic E-state index is 11.1. The molecule has 1 rings (SSSR count). The minimum Gasteiger partial charge on any atom is -1.00 e. The number of carbonyl (C=O) groups is 1. The lowest BCUT2D eigenvalue weighted by Gasteiger charge is -2.01. The van der Waals surface area contributed by atoms with Crippen molar-refractivity contribution in [3.8, 4) is 0 Å². The molecule has 0 aliphatic rings. The van der Waals surface area contributed by atoms with Gasteiger partial charge in [-0.1, -0.05) is 6.58 Å². The third-order valence-electron chi connectivity index (χ3n) is 1.99. The first-order chi connectivity index (χ1) is 7.09. The second-order valence-corrected chi connectivity index (χ2v) is 3.53. The van der Waals surface area contributed by atoms with Gasteiger partial charge in [-0.2, -0.15) is 0 Å². The van der Waals surface area contributed by atoms with Gasteiger partial charge in [0.15, 0.2) is 25.5 Å². The molecule has 0 bridgehead atoms. The molecule has 0 radical (unpaired) electrons. The fourth-order valence-electron chi connectivity index (χ4n) is 1.05. The molecule has 0 atom stereocenters. The van der Waals surface area contributed by atoms with Gasteiger partial charge in [-0.05, 0) is 19.4 Å². The Morgan fingerprint density at radius 3 is 2.50 bits per heavy atom. The average Bonchev–Trinajstić information content (AvgIpc) is 2.20. The van der Waals surface area contributed by atoms with Crippen LogP contribution in [-0.2, 0) is 16.1 Å². The molecule has 1 heterocycles. The highest BCUT2D eigenvalue weighted by molar-refractivity contribution is 5.86. The van der Waals surface area contributed by atoms with Gasteiger partial charge in [-0.3, -0.25) is 0 Å². The maximum absolute atomic E-state index is 11.1. The van der Waals surface area contributed by atoms with E-state index >= 15 is 0 Å². The van der Waals surface area contributed by atoms with Gasteiger partial charge in [0.1, 0.15) is 0 Å². The highest BCUT2D eigenvalue weighted by Crippen LogP contribution is 1.92. The third-order valence-corrected chi connectivity index (χ3v) is 1.99. The minimum atomic E-state index is -0.331. The standard InChI is InChI=1S/C12H16NO2.HI/c1-10(2)12(14)15-9-8-13-6-4-11(3)5-7-13;/h4-7H,1,8-9H2,2-3H3;1H/q+1;/p-1. The molecular weight excluding hydrogens is 317 g/mol. The summed E-state index contributed by atoms with van der Waals surface area (Å²) in [6.07, 6.45) is 3.92. The lowest BCUT2D eigenvalue weighted by Crippen LogP contribution is -3.00. The fourth-order valence-corrected chi connectivity index (χ4v) is 1.05. The first-order valence-electron chi connectivity index (χ1n) is 4.88. The molecule has 0 spiro atoms. The predicted molar refractivity (Wildman–Crippen MR) is 57.1 cm³/mol. The smallest absolute Gasteiger partial charge is 0.333 e. The number of nitrogens with zero attached hydrogens (tertiary/aromatic N) is 1. The van der Waals surface area contributed by atoms with Crippen molar-refractivity contribution in [2.45, 2.75) is 20.4 Å². The molecule has 0 unspecified atom stereocenters. The summed E-state index contributed by atoms with van der Waals surface area (Å²) in [6, 6.07) is 4.03. The predicted octanol–water partition coefficient (Wildman–Crippen LogP) is -1.59. The van der Waals surface area contributed by atoms with E-state index in [1.165, 1.54) is 5.56 Å². The Labute approximate surface area is 113 Å². The van der Waals surface area contributed by atoms with Crippen molar-refractivity contribution in [3.63, 3.8) is 0 Å². The minimum absolute atomic E-state index is 0. The second kappa shape index (κ2) is 7.38. The van der Waals surface area contributed by atoms with Crippen molar-refractivity contribution < 1.29 is 38.1 Å². The van der Waals surface area contributed by atoms with E-state index in [2.05, 4.69) is 6.58 Å². The van der Waals surface area contributed by atoms with Gasteiger partial charge in [0.2, 0.25) is 0 Å². The Morgan fingerprint density at radius 2 is 2.00 bits per heavy atom. The Balaban J connectivity index is 0.00000225. The van der Waals surface area contributed by atoms with Gasteiger partial charge in [-0.25, -0.2) is 9.36 Å². The van der Waals surface area contributed by atoms with Gasteiger partial charge in [0, 0.05) is 17.7 Å². The van der Waals surface area contributed by atoms with Crippen LogP contribution >= 0.6 is 0 Å². The van der Waals surface area contributed by atoms with Crippen LogP contribution in [0, 0.1) is 6.92 Å². The highest BCUT2D eigenvalue weighted by atomic mass is 127. The fraction of sp³-hybridized carbons (Fsp3) is 0.333. The van der Waals surface area contributed by atoms with E-state index < -0.39 is 0 Å². The number of esters is 1. The van der Waals surface area contributed by atoms with Crippen molar-refractivity contribution in [2.75, 3.05) is 6.61 Å². The van der Waals surface area contributed by atoms with E-state index in [-0.39, 0.29) is 29.9 Å². The number of aryl methyl sites for hydroxylation is 1. The Bertz CT molecular complexity index is 360. The maximum Gasteiger partial charge on any atom is 0.333 e. The van der Waals surface area contributed by atoms with Crippen LogP contribution in [0.25, 0.3) is 0 Å². The number of hydrogen-bond donors (Lipinski definition) is 0. The summed E-state index contributed by atoms with van der Waals surface area (Å²) in [5.74, 6) is -0.331. The van der Waals surface area contributed by atoms with Crippen LogP contribution in [0.1, 0.15) is 12.5 Å². The van der Waals surface area contributed by atoms with E-state index in [0.29, 0.717) is 18.7 Å². The van der Waals surface area contributed by atoms with E-state index in [1.54, 1.807) is 6.92 Å². The third kappa shape index (κ3) is 5.25. The van der Waals surface area contributed by atoms with Crippen LogP contribution in [0.4, 0.5) is 0 Å². The Morgan fingerprint density at radius 1 is 1.44 bits per heavy atom. The molecule has 0 saturated heterocycles. The Hall–Kier alpha value is -0.910. The van der Waals surface area contributed by atoms with Gasteiger partial charge in [0.25, 0.3) is 0 Å². The monoisotopic (exact) mass is 333 g/mol. The summed E-state index contributed by atoms with van der Waals surface area (Å²) in [5, 5.41) is 0. The van der Waals surface area contributed by atoms with Crippen LogP contribution in [0.15, 0.2) is 36.7 Å². The summed E-state index contributed by atoms with van der Waals surface area (Å²) < 4.78 is 6.95. The molecule has 0 N–H and O–H groups in total. The SMILES string of the molecule is C=C(C)C(=O)OCC[n+]1ccc(C)cc1.[I-]. The Kier molecular flexibility index (Phi) is 6.96. The summed E-state index contributed by atoms with van der Waals surface area (Å²) in [4.78, 5) is 11.1. The van der Waals surface area contributed by atoms with Gasteiger partial charge < -0.3 is 28.7 Å². The zero-order valence-corrected chi connectivity index (χ0v) is 11.7. The molecule has 3 nitrogen and oxygen atoms in total. The van der Waals surface area contributed by atoms with Gasteiger partial charge in [-0.15, -0.1) is 0 Å². The first-order valence-corrected chi connectivity index (χ1v) is 4.88. The molecule has 0 amide bonds. The molecule has 88 valence electrons. The van der Waals surface area contributed by atoms with Gasteiger partial charge in [0.05, 0.1) is 0 Å². The second-order valence-electron chi connectivity index (χ2n) is 3.53. The van der Waals surface area contributed by atoms with E-state index in [9.17, 15) is 4.79 Å². The molecule has 0 aliphatic heterocycles. The zero-order chi connectivity index (χ0) is 11.3. The van der Waals surface area contributed by atoms with Gasteiger partial charge >= 0.3 is 5.97 Å². The molecule has 0 fully saturated rings. The number of pyridine rings is 1. The quantitative estimate of drug-likeness (QED) is 0.288. The van der Waals surface area contributed by atoms with Crippen molar-refractivity contribution in [1.82, 2.24) is 0 Å². The number of rotatable bonds is 4. The number of hydrogen-bond acceptors (Lipinski definition) is 2. The summed E-state index contributed by atoms with van der Waals surface area (Å²) in [5.41, 5.74) is 1.65. The summed E-state index contributed by atoms with van der Waals surface area (Å²) in [6.45, 7) is 8.22. The summed E-state index contributed by atoms with van der Waals surface area (Å²) >= 11 is 0. The van der Waals surface area contributed by atoms with Crippen LogP contribution in [0.2, 0.25) is 0 Å². The molecule has 0 saturated carbocycles. The summed E-state index contributed by atoms with van der Waals surface area (Å²) in [7, 11) is 0. The molecule has 4 heteroatoms. The lowest BCUT2D eigenvalue weighted by molar-refractivity contribution is -0.698. The van der Waals surface area contributed by atoms with Crippen LogP contribution in [-0.4, -0.2) is 12.6 Å².